The highest BCUT2D eigenvalue weighted by Crippen LogP contribution is 2.36. The number of ether oxygens (including phenoxy) is 1. The van der Waals surface area contributed by atoms with Gasteiger partial charge in [-0.25, -0.2) is 0 Å². The van der Waals surface area contributed by atoms with Crippen molar-refractivity contribution in [3.8, 4) is 5.75 Å². The van der Waals surface area contributed by atoms with Gasteiger partial charge in [-0.1, -0.05) is 35.3 Å². The number of fused-ring (bicyclic) bond motifs is 1. The Hall–Kier alpha value is -0.700. The molecule has 0 radical (unpaired) electrons. The van der Waals surface area contributed by atoms with Gasteiger partial charge in [-0.15, -0.1) is 0 Å². The average molecular weight is 272 g/mol. The molecule has 1 unspecified atom stereocenters. The Morgan fingerprint density at radius 3 is 3.12 bits per heavy atom. The molecule has 0 saturated heterocycles. The third kappa shape index (κ3) is 2.76. The molecule has 2 rings (SSSR count). The van der Waals surface area contributed by atoms with Crippen molar-refractivity contribution in [2.75, 3.05) is 13.7 Å². The van der Waals surface area contributed by atoms with Crippen molar-refractivity contribution in [3.63, 3.8) is 0 Å². The van der Waals surface area contributed by atoms with Crippen LogP contribution in [0, 0.1) is 0 Å². The van der Waals surface area contributed by atoms with Crippen LogP contribution in [0.15, 0.2) is 28.8 Å². The van der Waals surface area contributed by atoms with Gasteiger partial charge < -0.3 is 10.1 Å². The van der Waals surface area contributed by atoms with Gasteiger partial charge in [-0.3, -0.25) is 0 Å². The number of hydrogen-bond acceptors (Lipinski definition) is 2. The first kappa shape index (κ1) is 12.7. The first-order chi connectivity index (χ1) is 8.26. The molecular weight excluding hydrogens is 257 g/mol. The topological polar surface area (TPSA) is 21.3 Å². The second kappa shape index (κ2) is 5.76. The molecule has 0 fully saturated rings. The standard InChI is InChI=1S/C13H15Cl2NO/c1-16-12-6-5-11-10(12)3-2-4-13(11)17-8-9(15)7-14/h2-4,7,12,16H,5-6,8H2,1H3. The fraction of sp³-hybridized carbons (Fsp3) is 0.385. The smallest absolute Gasteiger partial charge is 0.125 e. The molecule has 0 spiro atoms. The second-order valence-electron chi connectivity index (χ2n) is 4.05. The van der Waals surface area contributed by atoms with Crippen molar-refractivity contribution >= 4 is 23.2 Å². The quantitative estimate of drug-likeness (QED) is 0.904. The van der Waals surface area contributed by atoms with Gasteiger partial charge in [0, 0.05) is 11.6 Å². The summed E-state index contributed by atoms with van der Waals surface area (Å²) in [4.78, 5) is 0. The van der Waals surface area contributed by atoms with Crippen LogP contribution in [0.4, 0.5) is 0 Å². The van der Waals surface area contributed by atoms with Crippen LogP contribution < -0.4 is 10.1 Å². The van der Waals surface area contributed by atoms with Crippen LogP contribution in [0.3, 0.4) is 0 Å². The molecule has 4 heteroatoms. The molecule has 1 N–H and O–H groups in total. The Morgan fingerprint density at radius 2 is 2.41 bits per heavy atom. The van der Waals surface area contributed by atoms with Crippen molar-refractivity contribution in [1.29, 1.82) is 0 Å². The third-order valence-electron chi connectivity index (χ3n) is 3.06. The predicted molar refractivity (Wildman–Crippen MR) is 71.8 cm³/mol. The van der Waals surface area contributed by atoms with Gasteiger partial charge in [-0.2, -0.15) is 0 Å². The summed E-state index contributed by atoms with van der Waals surface area (Å²) in [6.07, 6.45) is 2.16. The summed E-state index contributed by atoms with van der Waals surface area (Å²) in [6, 6.07) is 6.58. The predicted octanol–water partition coefficient (Wildman–Crippen LogP) is 3.59. The molecule has 0 saturated carbocycles. The van der Waals surface area contributed by atoms with Crippen LogP contribution in [-0.4, -0.2) is 13.7 Å². The minimum Gasteiger partial charge on any atom is -0.488 e. The van der Waals surface area contributed by atoms with Crippen LogP contribution >= 0.6 is 23.2 Å². The molecule has 0 aliphatic heterocycles. The van der Waals surface area contributed by atoms with Crippen molar-refractivity contribution in [1.82, 2.24) is 5.32 Å². The minimum absolute atomic E-state index is 0.325. The molecule has 0 bridgehead atoms. The molecule has 0 aromatic heterocycles. The van der Waals surface area contributed by atoms with E-state index < -0.39 is 0 Å². The van der Waals surface area contributed by atoms with Crippen molar-refractivity contribution in [3.05, 3.63) is 39.9 Å². The van der Waals surface area contributed by atoms with E-state index in [0.717, 1.165) is 18.6 Å². The van der Waals surface area contributed by atoms with E-state index in [9.17, 15) is 0 Å². The van der Waals surface area contributed by atoms with E-state index >= 15 is 0 Å². The molecule has 92 valence electrons. The SMILES string of the molecule is CNC1CCc2c(OCC(Cl)=CCl)cccc21. The average Bonchev–Trinajstić information content (AvgIpc) is 2.79. The Labute approximate surface area is 112 Å². The van der Waals surface area contributed by atoms with Gasteiger partial charge in [-0.05, 0) is 37.1 Å². The maximum absolute atomic E-state index is 5.81. The van der Waals surface area contributed by atoms with Crippen LogP contribution in [0.2, 0.25) is 0 Å². The lowest BCUT2D eigenvalue weighted by Crippen LogP contribution is -2.12. The Kier molecular flexibility index (Phi) is 4.32. The zero-order valence-corrected chi connectivity index (χ0v) is 11.2. The number of nitrogens with one attached hydrogen (secondary N) is 1. The van der Waals surface area contributed by atoms with Gasteiger partial charge in [0.15, 0.2) is 0 Å². The van der Waals surface area contributed by atoms with Crippen molar-refractivity contribution in [2.24, 2.45) is 0 Å². The van der Waals surface area contributed by atoms with E-state index in [2.05, 4.69) is 11.4 Å². The van der Waals surface area contributed by atoms with Crippen molar-refractivity contribution in [2.45, 2.75) is 18.9 Å². The monoisotopic (exact) mass is 271 g/mol. The summed E-state index contributed by atoms with van der Waals surface area (Å²) in [5.41, 5.74) is 3.95. The summed E-state index contributed by atoms with van der Waals surface area (Å²) < 4.78 is 5.68. The molecule has 1 aliphatic carbocycles. The van der Waals surface area contributed by atoms with E-state index in [1.807, 2.05) is 19.2 Å². The van der Waals surface area contributed by atoms with E-state index in [4.69, 9.17) is 27.9 Å². The summed E-state index contributed by atoms with van der Waals surface area (Å²) in [5, 5.41) is 3.82. The van der Waals surface area contributed by atoms with Gasteiger partial charge in [0.25, 0.3) is 0 Å². The lowest BCUT2D eigenvalue weighted by atomic mass is 10.1. The molecule has 2 nitrogen and oxygen atoms in total. The second-order valence-corrected chi connectivity index (χ2v) is 4.75. The normalized spacial score (nSPS) is 19.2. The Balaban J connectivity index is 2.17. The lowest BCUT2D eigenvalue weighted by Gasteiger charge is -2.12. The van der Waals surface area contributed by atoms with Crippen LogP contribution in [0.25, 0.3) is 0 Å². The summed E-state index contributed by atoms with van der Waals surface area (Å²) in [7, 11) is 1.99. The van der Waals surface area contributed by atoms with E-state index in [-0.39, 0.29) is 0 Å². The Morgan fingerprint density at radius 1 is 1.59 bits per heavy atom. The largest absolute Gasteiger partial charge is 0.488 e. The molecular formula is C13H15Cl2NO. The van der Waals surface area contributed by atoms with Gasteiger partial charge in [0.1, 0.15) is 12.4 Å². The van der Waals surface area contributed by atoms with Crippen molar-refractivity contribution < 1.29 is 4.74 Å². The molecule has 1 aromatic carbocycles. The van der Waals surface area contributed by atoms with Gasteiger partial charge in [0.05, 0.1) is 5.03 Å². The molecule has 1 atom stereocenters. The van der Waals surface area contributed by atoms with Crippen LogP contribution in [0.1, 0.15) is 23.6 Å². The number of hydrogen-bond donors (Lipinski definition) is 1. The van der Waals surface area contributed by atoms with E-state index in [0.29, 0.717) is 17.7 Å². The lowest BCUT2D eigenvalue weighted by molar-refractivity contribution is 0.356. The van der Waals surface area contributed by atoms with Crippen LogP contribution in [0.5, 0.6) is 5.75 Å². The van der Waals surface area contributed by atoms with Gasteiger partial charge in [0.2, 0.25) is 0 Å². The number of halogens is 2. The fourth-order valence-electron chi connectivity index (χ4n) is 2.23. The number of benzene rings is 1. The molecule has 1 aliphatic rings. The van der Waals surface area contributed by atoms with Gasteiger partial charge >= 0.3 is 0 Å². The molecule has 0 heterocycles. The zero-order chi connectivity index (χ0) is 12.3. The van der Waals surface area contributed by atoms with Crippen LogP contribution in [-0.2, 0) is 6.42 Å². The minimum atomic E-state index is 0.325. The summed E-state index contributed by atoms with van der Waals surface area (Å²) in [5.74, 6) is 0.914. The summed E-state index contributed by atoms with van der Waals surface area (Å²) in [6.45, 7) is 0.325. The summed E-state index contributed by atoms with van der Waals surface area (Å²) >= 11 is 11.3. The zero-order valence-electron chi connectivity index (χ0n) is 9.67. The fourth-order valence-corrected chi connectivity index (χ4v) is 2.35. The number of rotatable bonds is 4. The highest BCUT2D eigenvalue weighted by atomic mass is 35.5. The molecule has 1 aromatic rings. The maximum atomic E-state index is 5.81. The first-order valence-corrected chi connectivity index (χ1v) is 6.44. The van der Waals surface area contributed by atoms with E-state index in [1.165, 1.54) is 16.7 Å². The maximum Gasteiger partial charge on any atom is 0.125 e. The first-order valence-electron chi connectivity index (χ1n) is 5.63. The third-order valence-corrected chi connectivity index (χ3v) is 3.65. The molecule has 0 amide bonds. The highest BCUT2D eigenvalue weighted by molar-refractivity contribution is 6.36. The molecule has 17 heavy (non-hydrogen) atoms. The Bertz CT molecular complexity index is 431. The highest BCUT2D eigenvalue weighted by Gasteiger charge is 2.23. The van der Waals surface area contributed by atoms with E-state index in [1.54, 1.807) is 0 Å².